The van der Waals surface area contributed by atoms with Gasteiger partial charge in [0.25, 0.3) is 0 Å². The van der Waals surface area contributed by atoms with E-state index in [2.05, 4.69) is 28.3 Å². The molecule has 0 spiro atoms. The third kappa shape index (κ3) is 3.12. The van der Waals surface area contributed by atoms with E-state index in [4.69, 9.17) is 0 Å². The summed E-state index contributed by atoms with van der Waals surface area (Å²) in [4.78, 5) is 0. The molecule has 1 saturated carbocycles. The lowest BCUT2D eigenvalue weighted by Gasteiger charge is -2.26. The number of nitrogens with one attached hydrogen (secondary N) is 1. The Morgan fingerprint density at radius 1 is 1.18 bits per heavy atom. The van der Waals surface area contributed by atoms with Crippen molar-refractivity contribution in [1.29, 1.82) is 0 Å². The Morgan fingerprint density at radius 2 is 1.73 bits per heavy atom. The van der Waals surface area contributed by atoms with Gasteiger partial charge in [-0.1, -0.05) is 15.9 Å². The fraction of sp³-hybridized carbons (Fsp3) is 1.00. The number of halogens is 1. The van der Waals surface area contributed by atoms with Crippen LogP contribution in [0, 0.1) is 11.8 Å². The van der Waals surface area contributed by atoms with Crippen molar-refractivity contribution < 1.29 is 0 Å². The molecule has 1 fully saturated rings. The lowest BCUT2D eigenvalue weighted by molar-refractivity contribution is 0.290. The van der Waals surface area contributed by atoms with E-state index in [1.165, 1.54) is 37.6 Å². The van der Waals surface area contributed by atoms with Gasteiger partial charge >= 0.3 is 0 Å². The van der Waals surface area contributed by atoms with Crippen molar-refractivity contribution in [3.8, 4) is 0 Å². The maximum absolute atomic E-state index is 3.55. The summed E-state index contributed by atoms with van der Waals surface area (Å²) in [5, 5.41) is 4.47. The fourth-order valence-corrected chi connectivity index (χ4v) is 2.53. The van der Waals surface area contributed by atoms with Gasteiger partial charge in [-0.3, -0.25) is 0 Å². The van der Waals surface area contributed by atoms with E-state index in [1.54, 1.807) is 0 Å². The molecule has 1 nitrogen and oxygen atoms in total. The summed E-state index contributed by atoms with van der Waals surface area (Å²) >= 11 is 3.55. The molecule has 11 heavy (non-hydrogen) atoms. The molecule has 0 aliphatic heterocycles. The van der Waals surface area contributed by atoms with Gasteiger partial charge in [-0.05, 0) is 51.1 Å². The van der Waals surface area contributed by atoms with Crippen LogP contribution in [-0.2, 0) is 0 Å². The second-order valence-corrected chi connectivity index (χ2v) is 4.25. The molecule has 2 heteroatoms. The molecule has 0 atom stereocenters. The Labute approximate surface area is 78.1 Å². The van der Waals surface area contributed by atoms with Crippen molar-refractivity contribution in [2.24, 2.45) is 11.8 Å². The Balaban J connectivity index is 2.14. The lowest BCUT2D eigenvalue weighted by Crippen LogP contribution is -2.24. The summed E-state index contributed by atoms with van der Waals surface area (Å²) < 4.78 is 0. The normalized spacial score (nSPS) is 32.2. The molecular formula is C9H18BrN. The monoisotopic (exact) mass is 219 g/mol. The molecule has 0 heterocycles. The van der Waals surface area contributed by atoms with Crippen molar-refractivity contribution in [3.63, 3.8) is 0 Å². The second-order valence-electron chi connectivity index (χ2n) is 3.60. The Morgan fingerprint density at radius 3 is 2.18 bits per heavy atom. The minimum absolute atomic E-state index is 0.954. The van der Waals surface area contributed by atoms with E-state index in [9.17, 15) is 0 Å². The molecule has 66 valence electrons. The van der Waals surface area contributed by atoms with Crippen LogP contribution in [0.3, 0.4) is 0 Å². The van der Waals surface area contributed by atoms with Gasteiger partial charge < -0.3 is 5.32 Å². The molecule has 1 aliphatic rings. The fourth-order valence-electron chi connectivity index (χ4n) is 1.88. The third-order valence-corrected chi connectivity index (χ3v) is 3.59. The molecule has 0 amide bonds. The van der Waals surface area contributed by atoms with Crippen LogP contribution in [0.5, 0.6) is 0 Å². The molecule has 0 saturated heterocycles. The molecule has 1 rings (SSSR count). The molecule has 1 N–H and O–H groups in total. The predicted molar refractivity (Wildman–Crippen MR) is 53.2 cm³/mol. The second kappa shape index (κ2) is 5.15. The highest BCUT2D eigenvalue weighted by Crippen LogP contribution is 2.29. The van der Waals surface area contributed by atoms with Crippen LogP contribution in [0.1, 0.15) is 25.7 Å². The highest BCUT2D eigenvalue weighted by atomic mass is 79.9. The van der Waals surface area contributed by atoms with E-state index in [1.807, 2.05) is 0 Å². The average Bonchev–Trinajstić information content (AvgIpc) is 2.07. The quantitative estimate of drug-likeness (QED) is 0.720. The van der Waals surface area contributed by atoms with E-state index < -0.39 is 0 Å². The first-order valence-electron chi connectivity index (χ1n) is 4.57. The van der Waals surface area contributed by atoms with Gasteiger partial charge in [0.05, 0.1) is 0 Å². The van der Waals surface area contributed by atoms with Crippen LogP contribution < -0.4 is 5.32 Å². The first-order chi connectivity index (χ1) is 5.36. The SMILES string of the molecule is CNCC1CCC(CBr)CC1. The maximum Gasteiger partial charge on any atom is 0.00596 e. The van der Waals surface area contributed by atoms with Crippen LogP contribution in [-0.4, -0.2) is 18.9 Å². The summed E-state index contributed by atoms with van der Waals surface area (Å²) in [6.07, 6.45) is 5.71. The molecule has 0 aromatic carbocycles. The summed E-state index contributed by atoms with van der Waals surface area (Å²) in [7, 11) is 2.05. The molecule has 0 aromatic rings. The number of alkyl halides is 1. The molecule has 0 unspecified atom stereocenters. The highest BCUT2D eigenvalue weighted by Gasteiger charge is 2.19. The van der Waals surface area contributed by atoms with Gasteiger partial charge in [-0.25, -0.2) is 0 Å². The zero-order valence-corrected chi connectivity index (χ0v) is 8.86. The van der Waals surface area contributed by atoms with Gasteiger partial charge in [0.15, 0.2) is 0 Å². The summed E-state index contributed by atoms with van der Waals surface area (Å²) in [6.45, 7) is 1.22. The van der Waals surface area contributed by atoms with Gasteiger partial charge in [0.1, 0.15) is 0 Å². The van der Waals surface area contributed by atoms with Gasteiger partial charge in [0, 0.05) is 5.33 Å². The van der Waals surface area contributed by atoms with Gasteiger partial charge in [-0.2, -0.15) is 0 Å². The number of hydrogen-bond donors (Lipinski definition) is 1. The Kier molecular flexibility index (Phi) is 4.46. The zero-order chi connectivity index (χ0) is 8.10. The van der Waals surface area contributed by atoms with Crippen molar-refractivity contribution in [2.45, 2.75) is 25.7 Å². The molecule has 1 aliphatic carbocycles. The third-order valence-electron chi connectivity index (χ3n) is 2.68. The van der Waals surface area contributed by atoms with Crippen molar-refractivity contribution in [2.75, 3.05) is 18.9 Å². The minimum Gasteiger partial charge on any atom is -0.319 e. The molecule has 0 bridgehead atoms. The first-order valence-corrected chi connectivity index (χ1v) is 5.69. The minimum atomic E-state index is 0.954. The smallest absolute Gasteiger partial charge is 0.00596 e. The van der Waals surface area contributed by atoms with Crippen LogP contribution in [0.15, 0.2) is 0 Å². The summed E-state index contributed by atoms with van der Waals surface area (Å²) in [6, 6.07) is 0. The predicted octanol–water partition coefficient (Wildman–Crippen LogP) is 2.41. The number of rotatable bonds is 3. The Hall–Kier alpha value is 0.440. The first kappa shape index (κ1) is 9.53. The van der Waals surface area contributed by atoms with Crippen molar-refractivity contribution >= 4 is 15.9 Å². The van der Waals surface area contributed by atoms with E-state index in [-0.39, 0.29) is 0 Å². The standard InChI is InChI=1S/C9H18BrN/c1-11-7-9-4-2-8(6-10)3-5-9/h8-9,11H,2-7H2,1H3. The Bertz CT molecular complexity index is 97.7. The maximum atomic E-state index is 3.55. The summed E-state index contributed by atoms with van der Waals surface area (Å²) in [5.74, 6) is 1.92. The van der Waals surface area contributed by atoms with E-state index in [0.717, 1.165) is 11.8 Å². The van der Waals surface area contributed by atoms with E-state index >= 15 is 0 Å². The molecule has 0 aromatic heterocycles. The van der Waals surface area contributed by atoms with Crippen LogP contribution in [0.25, 0.3) is 0 Å². The molecule has 0 radical (unpaired) electrons. The topological polar surface area (TPSA) is 12.0 Å². The lowest BCUT2D eigenvalue weighted by atomic mass is 9.83. The van der Waals surface area contributed by atoms with E-state index in [0.29, 0.717) is 0 Å². The van der Waals surface area contributed by atoms with Gasteiger partial charge in [0.2, 0.25) is 0 Å². The van der Waals surface area contributed by atoms with Crippen molar-refractivity contribution in [1.82, 2.24) is 5.32 Å². The largest absolute Gasteiger partial charge is 0.319 e. The number of hydrogen-bond acceptors (Lipinski definition) is 1. The summed E-state index contributed by atoms with van der Waals surface area (Å²) in [5.41, 5.74) is 0. The van der Waals surface area contributed by atoms with Crippen LogP contribution in [0.4, 0.5) is 0 Å². The molecular weight excluding hydrogens is 202 g/mol. The zero-order valence-electron chi connectivity index (χ0n) is 7.28. The average molecular weight is 220 g/mol. The van der Waals surface area contributed by atoms with Gasteiger partial charge in [-0.15, -0.1) is 0 Å². The van der Waals surface area contributed by atoms with Crippen molar-refractivity contribution in [3.05, 3.63) is 0 Å². The van der Waals surface area contributed by atoms with Crippen LogP contribution >= 0.6 is 15.9 Å². The van der Waals surface area contributed by atoms with Crippen LogP contribution in [0.2, 0.25) is 0 Å². The highest BCUT2D eigenvalue weighted by molar-refractivity contribution is 9.09.